The van der Waals surface area contributed by atoms with Gasteiger partial charge in [0.2, 0.25) is 0 Å². The van der Waals surface area contributed by atoms with Crippen LogP contribution < -0.4 is 10.2 Å². The molecule has 160 valence electrons. The lowest BCUT2D eigenvalue weighted by atomic mass is 10.1. The molecule has 1 unspecified atom stereocenters. The van der Waals surface area contributed by atoms with Crippen LogP contribution in [0.3, 0.4) is 0 Å². The Morgan fingerprint density at radius 2 is 1.71 bits per heavy atom. The van der Waals surface area contributed by atoms with Crippen LogP contribution in [-0.4, -0.2) is 53.0 Å². The monoisotopic (exact) mass is 417 g/mol. The molecule has 0 spiro atoms. The molecule has 7 heteroatoms. The molecule has 3 heterocycles. The maximum Gasteiger partial charge on any atom is 0.253 e. The molecule has 5 rings (SSSR count). The fourth-order valence-corrected chi connectivity index (χ4v) is 4.44. The summed E-state index contributed by atoms with van der Waals surface area (Å²) in [6, 6.07) is 18.1. The summed E-state index contributed by atoms with van der Waals surface area (Å²) in [7, 11) is 0. The van der Waals surface area contributed by atoms with Crippen molar-refractivity contribution in [3.05, 3.63) is 66.0 Å². The fourth-order valence-electron chi connectivity index (χ4n) is 4.44. The van der Waals surface area contributed by atoms with Gasteiger partial charge in [-0.1, -0.05) is 42.5 Å². The first-order chi connectivity index (χ1) is 15.3. The molecule has 7 nitrogen and oxygen atoms in total. The first-order valence-electron chi connectivity index (χ1n) is 11.0. The molecule has 1 aromatic heterocycles. The van der Waals surface area contributed by atoms with Crippen molar-refractivity contribution in [2.45, 2.75) is 31.8 Å². The van der Waals surface area contributed by atoms with Gasteiger partial charge in [-0.15, -0.1) is 10.2 Å². The average molecular weight is 418 g/mol. The second-order valence-corrected chi connectivity index (χ2v) is 8.07. The van der Waals surface area contributed by atoms with E-state index in [1.165, 1.54) is 0 Å². The molecule has 1 N–H and O–H groups in total. The minimum Gasteiger partial charge on any atom is -0.378 e. The Kier molecular flexibility index (Phi) is 5.67. The van der Waals surface area contributed by atoms with E-state index in [4.69, 9.17) is 4.74 Å². The van der Waals surface area contributed by atoms with Gasteiger partial charge in [-0.25, -0.2) is 0 Å². The minimum atomic E-state index is -0.00644. The van der Waals surface area contributed by atoms with E-state index in [-0.39, 0.29) is 11.9 Å². The van der Waals surface area contributed by atoms with Gasteiger partial charge in [-0.05, 0) is 25.0 Å². The number of morpholine rings is 1. The Labute approximate surface area is 182 Å². The number of rotatable bonds is 4. The van der Waals surface area contributed by atoms with E-state index in [9.17, 15) is 4.79 Å². The summed E-state index contributed by atoms with van der Waals surface area (Å²) in [5.41, 5.74) is 2.79. The summed E-state index contributed by atoms with van der Waals surface area (Å²) in [6.07, 6.45) is 2.52. The largest absolute Gasteiger partial charge is 0.378 e. The van der Waals surface area contributed by atoms with Crippen molar-refractivity contribution in [1.82, 2.24) is 20.1 Å². The number of benzene rings is 2. The van der Waals surface area contributed by atoms with Gasteiger partial charge in [0.05, 0.1) is 18.8 Å². The van der Waals surface area contributed by atoms with E-state index in [1.54, 1.807) is 0 Å². The highest BCUT2D eigenvalue weighted by atomic mass is 16.5. The van der Waals surface area contributed by atoms with E-state index < -0.39 is 0 Å². The molecule has 0 radical (unpaired) electrons. The highest BCUT2D eigenvalue weighted by Crippen LogP contribution is 2.24. The summed E-state index contributed by atoms with van der Waals surface area (Å²) in [4.78, 5) is 15.4. The summed E-state index contributed by atoms with van der Waals surface area (Å²) in [5, 5.41) is 12.1. The van der Waals surface area contributed by atoms with Crippen LogP contribution in [0, 0.1) is 0 Å². The SMILES string of the molecule is O=C(NC1CCc2nnc(-c3ccccc3)n2CC1)c1ccccc1N1CCOCC1. The Bertz CT molecular complexity index is 1040. The Balaban J connectivity index is 1.29. The van der Waals surface area contributed by atoms with E-state index in [1.807, 2.05) is 42.5 Å². The molecule has 1 amide bonds. The van der Waals surface area contributed by atoms with Crippen LogP contribution in [0.25, 0.3) is 11.4 Å². The van der Waals surface area contributed by atoms with Crippen molar-refractivity contribution >= 4 is 11.6 Å². The molecule has 1 saturated heterocycles. The predicted molar refractivity (Wildman–Crippen MR) is 119 cm³/mol. The van der Waals surface area contributed by atoms with Crippen molar-refractivity contribution < 1.29 is 9.53 Å². The lowest BCUT2D eigenvalue weighted by molar-refractivity contribution is 0.0931. The molecule has 31 heavy (non-hydrogen) atoms. The second kappa shape index (κ2) is 8.89. The van der Waals surface area contributed by atoms with Gasteiger partial charge < -0.3 is 19.5 Å². The zero-order chi connectivity index (χ0) is 21.0. The second-order valence-electron chi connectivity index (χ2n) is 8.07. The first kappa shape index (κ1) is 19.8. The van der Waals surface area contributed by atoms with Gasteiger partial charge in [-0.2, -0.15) is 0 Å². The summed E-state index contributed by atoms with van der Waals surface area (Å²) >= 11 is 0. The highest BCUT2D eigenvalue weighted by Gasteiger charge is 2.24. The lowest BCUT2D eigenvalue weighted by Gasteiger charge is -2.30. The number of fused-ring (bicyclic) bond motifs is 1. The molecule has 1 atom stereocenters. The quantitative estimate of drug-likeness (QED) is 0.707. The average Bonchev–Trinajstić information content (AvgIpc) is 3.14. The zero-order valence-electron chi connectivity index (χ0n) is 17.5. The fraction of sp³-hybridized carbons (Fsp3) is 0.375. The Morgan fingerprint density at radius 1 is 0.935 bits per heavy atom. The van der Waals surface area contributed by atoms with Gasteiger partial charge in [0.15, 0.2) is 5.82 Å². The molecular weight excluding hydrogens is 390 g/mol. The molecule has 0 saturated carbocycles. The van der Waals surface area contributed by atoms with E-state index in [0.29, 0.717) is 13.2 Å². The van der Waals surface area contributed by atoms with Crippen molar-refractivity contribution in [2.24, 2.45) is 0 Å². The van der Waals surface area contributed by atoms with Crippen LogP contribution in [0.4, 0.5) is 5.69 Å². The molecular formula is C24H27N5O2. The lowest BCUT2D eigenvalue weighted by Crippen LogP contribution is -2.39. The maximum absolute atomic E-state index is 13.2. The van der Waals surface area contributed by atoms with Crippen molar-refractivity contribution in [2.75, 3.05) is 31.2 Å². The van der Waals surface area contributed by atoms with Crippen LogP contribution in [0.15, 0.2) is 54.6 Å². The van der Waals surface area contributed by atoms with Crippen LogP contribution in [-0.2, 0) is 17.7 Å². The Hall–Kier alpha value is -3.19. The van der Waals surface area contributed by atoms with E-state index in [2.05, 4.69) is 37.1 Å². The third-order valence-electron chi connectivity index (χ3n) is 6.11. The molecule has 0 aliphatic carbocycles. The molecule has 2 aliphatic rings. The van der Waals surface area contributed by atoms with Gasteiger partial charge in [0.25, 0.3) is 5.91 Å². The number of nitrogens with one attached hydrogen (secondary N) is 1. The van der Waals surface area contributed by atoms with Crippen molar-refractivity contribution in [3.8, 4) is 11.4 Å². The standard InChI is InChI=1S/C24H27N5O2/c30-24(20-8-4-5-9-21(20)28-14-16-31-17-15-28)25-19-10-11-22-26-27-23(29(22)13-12-19)18-6-2-1-3-7-18/h1-9,19H,10-17H2,(H,25,30). The van der Waals surface area contributed by atoms with Crippen LogP contribution in [0.1, 0.15) is 29.0 Å². The van der Waals surface area contributed by atoms with Gasteiger partial charge in [0, 0.05) is 43.3 Å². The van der Waals surface area contributed by atoms with Crippen LogP contribution in [0.2, 0.25) is 0 Å². The number of amides is 1. The number of aromatic nitrogens is 3. The zero-order valence-corrected chi connectivity index (χ0v) is 17.5. The molecule has 1 fully saturated rings. The summed E-state index contributed by atoms with van der Waals surface area (Å²) in [6.45, 7) is 3.81. The highest BCUT2D eigenvalue weighted by molar-refractivity contribution is 6.00. The van der Waals surface area contributed by atoms with Gasteiger partial charge >= 0.3 is 0 Å². The molecule has 2 aromatic carbocycles. The number of nitrogens with zero attached hydrogens (tertiary/aromatic N) is 4. The summed E-state index contributed by atoms with van der Waals surface area (Å²) in [5.74, 6) is 1.89. The third-order valence-corrected chi connectivity index (χ3v) is 6.11. The molecule has 0 bridgehead atoms. The van der Waals surface area contributed by atoms with E-state index in [0.717, 1.165) is 67.4 Å². The minimum absolute atomic E-state index is 0.00644. The van der Waals surface area contributed by atoms with Crippen molar-refractivity contribution in [1.29, 1.82) is 0 Å². The van der Waals surface area contributed by atoms with Gasteiger partial charge in [0.1, 0.15) is 5.82 Å². The number of para-hydroxylation sites is 1. The number of aryl methyl sites for hydroxylation is 1. The smallest absolute Gasteiger partial charge is 0.253 e. The molecule has 2 aliphatic heterocycles. The van der Waals surface area contributed by atoms with Gasteiger partial charge in [-0.3, -0.25) is 4.79 Å². The number of carbonyl (C=O) groups is 1. The predicted octanol–water partition coefficient (Wildman–Crippen LogP) is 2.92. The van der Waals surface area contributed by atoms with Crippen molar-refractivity contribution in [3.63, 3.8) is 0 Å². The number of hydrogen-bond acceptors (Lipinski definition) is 5. The summed E-state index contributed by atoms with van der Waals surface area (Å²) < 4.78 is 7.66. The Morgan fingerprint density at radius 3 is 2.55 bits per heavy atom. The third kappa shape index (κ3) is 4.18. The normalized spacial score (nSPS) is 18.8. The van der Waals surface area contributed by atoms with Crippen LogP contribution >= 0.6 is 0 Å². The first-order valence-corrected chi connectivity index (χ1v) is 11.0. The number of ether oxygens (including phenoxy) is 1. The number of carbonyl (C=O) groups excluding carboxylic acids is 1. The maximum atomic E-state index is 13.2. The topological polar surface area (TPSA) is 72.3 Å². The number of anilines is 1. The molecule has 3 aromatic rings. The van der Waals surface area contributed by atoms with Crippen LogP contribution in [0.5, 0.6) is 0 Å². The van der Waals surface area contributed by atoms with E-state index >= 15 is 0 Å². The number of hydrogen-bond donors (Lipinski definition) is 1.